The number of nitrogens with zero attached hydrogens (tertiary/aromatic N) is 10. The van der Waals surface area contributed by atoms with Crippen molar-refractivity contribution in [3.63, 3.8) is 0 Å². The summed E-state index contributed by atoms with van der Waals surface area (Å²) in [7, 11) is 1.73. The van der Waals surface area contributed by atoms with Gasteiger partial charge in [-0.05, 0) is 55.8 Å². The highest BCUT2D eigenvalue weighted by Gasteiger charge is 2.20. The van der Waals surface area contributed by atoms with Crippen LogP contribution in [0.4, 0.5) is 4.39 Å². The lowest BCUT2D eigenvalue weighted by atomic mass is 10.0. The van der Waals surface area contributed by atoms with Crippen LogP contribution in [0, 0.1) is 19.7 Å². The van der Waals surface area contributed by atoms with E-state index in [-0.39, 0.29) is 5.82 Å². The van der Waals surface area contributed by atoms with Crippen molar-refractivity contribution in [1.82, 2.24) is 49.7 Å². The molecule has 0 aliphatic heterocycles. The average Bonchev–Trinajstić information content (AvgIpc) is 3.51. The highest BCUT2D eigenvalue weighted by molar-refractivity contribution is 5.64. The van der Waals surface area contributed by atoms with Crippen molar-refractivity contribution >= 4 is 0 Å². The van der Waals surface area contributed by atoms with E-state index in [1.165, 1.54) is 16.9 Å². The Kier molecular flexibility index (Phi) is 5.89. The predicted octanol–water partition coefficient (Wildman–Crippen LogP) is 3.01. The van der Waals surface area contributed by atoms with Crippen molar-refractivity contribution in [2.24, 2.45) is 7.05 Å². The fourth-order valence-corrected chi connectivity index (χ4v) is 4.23. The molecule has 0 saturated heterocycles. The standard InChI is InChI=1S/C24H25FN10/c1-5-20-21(11-19-12-23(27-14-26-19)35-16(3)10-15(2)29-35)34(13-22-28-32-33(4)30-22)31-24(20)17-6-8-18(25)9-7-17/h6-10,12,14H,5,11,13H2,1-4H3. The Bertz CT molecular complexity index is 1480. The van der Waals surface area contributed by atoms with Crippen LogP contribution in [0.5, 0.6) is 0 Å². The molecule has 5 aromatic rings. The second-order valence-electron chi connectivity index (χ2n) is 8.37. The molecule has 0 saturated carbocycles. The summed E-state index contributed by atoms with van der Waals surface area (Å²) in [6, 6.07) is 10.3. The van der Waals surface area contributed by atoms with Crippen molar-refractivity contribution in [2.75, 3.05) is 0 Å². The van der Waals surface area contributed by atoms with E-state index in [0.29, 0.717) is 24.6 Å². The van der Waals surface area contributed by atoms with E-state index < -0.39 is 0 Å². The van der Waals surface area contributed by atoms with Gasteiger partial charge in [0.2, 0.25) is 0 Å². The number of aryl methyl sites for hydroxylation is 3. The fraction of sp³-hybridized carbons (Fsp3) is 0.292. The first-order valence-electron chi connectivity index (χ1n) is 11.3. The molecular weight excluding hydrogens is 447 g/mol. The highest BCUT2D eigenvalue weighted by atomic mass is 19.1. The molecule has 0 unspecified atom stereocenters. The molecule has 178 valence electrons. The van der Waals surface area contributed by atoms with Gasteiger partial charge < -0.3 is 0 Å². The molecule has 0 aliphatic rings. The zero-order valence-electron chi connectivity index (χ0n) is 20.0. The number of hydrogen-bond donors (Lipinski definition) is 0. The fourth-order valence-electron chi connectivity index (χ4n) is 4.23. The SMILES string of the molecule is CCc1c(-c2ccc(F)cc2)nn(Cc2nnn(C)n2)c1Cc1cc(-n2nc(C)cc2C)ncn1. The molecule has 0 bridgehead atoms. The molecular formula is C24H25FN10. The van der Waals surface area contributed by atoms with Gasteiger partial charge in [0, 0.05) is 35.0 Å². The molecule has 0 radical (unpaired) electrons. The van der Waals surface area contributed by atoms with Crippen LogP contribution in [0.25, 0.3) is 17.1 Å². The van der Waals surface area contributed by atoms with Crippen molar-refractivity contribution < 1.29 is 4.39 Å². The Hall–Kier alpha value is -4.28. The van der Waals surface area contributed by atoms with Gasteiger partial charge in [-0.2, -0.15) is 15.0 Å². The van der Waals surface area contributed by atoms with Gasteiger partial charge in [-0.3, -0.25) is 4.68 Å². The van der Waals surface area contributed by atoms with Crippen LogP contribution in [0.1, 0.15) is 41.1 Å². The lowest BCUT2D eigenvalue weighted by molar-refractivity contribution is 0.607. The first-order chi connectivity index (χ1) is 16.9. The van der Waals surface area contributed by atoms with E-state index in [2.05, 4.69) is 37.4 Å². The summed E-state index contributed by atoms with van der Waals surface area (Å²) in [5.74, 6) is 0.975. The summed E-state index contributed by atoms with van der Waals surface area (Å²) in [4.78, 5) is 10.4. The number of rotatable bonds is 7. The molecule has 0 aliphatic carbocycles. The lowest BCUT2D eigenvalue weighted by Crippen LogP contribution is -2.11. The molecule has 0 spiro atoms. The van der Waals surface area contributed by atoms with Gasteiger partial charge in [-0.15, -0.1) is 10.2 Å². The van der Waals surface area contributed by atoms with Crippen LogP contribution in [0.3, 0.4) is 0 Å². The minimum Gasteiger partial charge on any atom is -0.260 e. The Balaban J connectivity index is 1.58. The van der Waals surface area contributed by atoms with Crippen LogP contribution in [0.15, 0.2) is 42.7 Å². The van der Waals surface area contributed by atoms with E-state index in [4.69, 9.17) is 5.10 Å². The van der Waals surface area contributed by atoms with Crippen LogP contribution < -0.4 is 0 Å². The zero-order valence-corrected chi connectivity index (χ0v) is 20.0. The Morgan fingerprint density at radius 1 is 0.971 bits per heavy atom. The molecule has 4 aromatic heterocycles. The van der Waals surface area contributed by atoms with Crippen molar-refractivity contribution in [3.05, 3.63) is 82.7 Å². The largest absolute Gasteiger partial charge is 0.260 e. The number of halogens is 1. The summed E-state index contributed by atoms with van der Waals surface area (Å²) >= 11 is 0. The van der Waals surface area contributed by atoms with Gasteiger partial charge in [0.1, 0.15) is 18.7 Å². The zero-order chi connectivity index (χ0) is 24.5. The topological polar surface area (TPSA) is 105 Å². The minimum atomic E-state index is -0.284. The molecule has 0 amide bonds. The summed E-state index contributed by atoms with van der Waals surface area (Å²) in [5.41, 5.74) is 6.45. The van der Waals surface area contributed by atoms with Gasteiger partial charge in [0.05, 0.1) is 24.1 Å². The second-order valence-corrected chi connectivity index (χ2v) is 8.37. The average molecular weight is 473 g/mol. The van der Waals surface area contributed by atoms with Crippen molar-refractivity contribution in [1.29, 1.82) is 0 Å². The van der Waals surface area contributed by atoms with Crippen LogP contribution in [-0.2, 0) is 26.4 Å². The third kappa shape index (κ3) is 4.57. The minimum absolute atomic E-state index is 0.284. The van der Waals surface area contributed by atoms with Crippen molar-refractivity contribution in [2.45, 2.75) is 40.2 Å². The summed E-state index contributed by atoms with van der Waals surface area (Å²) in [6.07, 6.45) is 2.82. The van der Waals surface area contributed by atoms with Crippen LogP contribution >= 0.6 is 0 Å². The molecule has 35 heavy (non-hydrogen) atoms. The van der Waals surface area contributed by atoms with Crippen LogP contribution in [0.2, 0.25) is 0 Å². The monoisotopic (exact) mass is 472 g/mol. The van der Waals surface area contributed by atoms with Crippen molar-refractivity contribution in [3.8, 4) is 17.1 Å². The summed E-state index contributed by atoms with van der Waals surface area (Å²) in [6.45, 7) is 6.39. The Morgan fingerprint density at radius 2 is 1.77 bits per heavy atom. The summed E-state index contributed by atoms with van der Waals surface area (Å²) in [5, 5.41) is 21.8. The molecule has 1 aromatic carbocycles. The first-order valence-corrected chi connectivity index (χ1v) is 11.3. The molecule has 4 heterocycles. The number of hydrogen-bond acceptors (Lipinski definition) is 7. The van der Waals surface area contributed by atoms with Gasteiger partial charge in [0.15, 0.2) is 11.6 Å². The Labute approximate surface area is 201 Å². The van der Waals surface area contributed by atoms with Gasteiger partial charge in [-0.25, -0.2) is 19.0 Å². The normalized spacial score (nSPS) is 11.3. The Morgan fingerprint density at radius 3 is 2.43 bits per heavy atom. The van der Waals surface area contributed by atoms with E-state index >= 15 is 0 Å². The smallest absolute Gasteiger partial charge is 0.196 e. The molecule has 0 N–H and O–H groups in total. The maximum Gasteiger partial charge on any atom is 0.196 e. The van der Waals surface area contributed by atoms with E-state index in [1.54, 1.807) is 25.5 Å². The molecule has 0 atom stereocenters. The molecule has 5 rings (SSSR count). The van der Waals surface area contributed by atoms with Gasteiger partial charge in [0.25, 0.3) is 0 Å². The number of tetrazole rings is 1. The third-order valence-electron chi connectivity index (χ3n) is 5.76. The van der Waals surface area contributed by atoms with E-state index in [0.717, 1.165) is 46.0 Å². The molecule has 0 fully saturated rings. The highest BCUT2D eigenvalue weighted by Crippen LogP contribution is 2.28. The third-order valence-corrected chi connectivity index (χ3v) is 5.76. The van der Waals surface area contributed by atoms with Gasteiger partial charge >= 0.3 is 0 Å². The second kappa shape index (κ2) is 9.16. The maximum atomic E-state index is 13.6. The number of benzene rings is 1. The van der Waals surface area contributed by atoms with E-state index in [9.17, 15) is 4.39 Å². The molecule has 10 nitrogen and oxygen atoms in total. The molecule has 11 heteroatoms. The predicted molar refractivity (Wildman–Crippen MR) is 126 cm³/mol. The van der Waals surface area contributed by atoms with Crippen LogP contribution in [-0.4, -0.2) is 49.7 Å². The number of aromatic nitrogens is 10. The quantitative estimate of drug-likeness (QED) is 0.359. The maximum absolute atomic E-state index is 13.6. The van der Waals surface area contributed by atoms with E-state index in [1.807, 2.05) is 35.3 Å². The lowest BCUT2D eigenvalue weighted by Gasteiger charge is -2.09. The summed E-state index contributed by atoms with van der Waals surface area (Å²) < 4.78 is 17.3. The van der Waals surface area contributed by atoms with Gasteiger partial charge in [-0.1, -0.05) is 6.92 Å². The first kappa shape index (κ1) is 22.5.